The molecule has 4 heterocycles. The topological polar surface area (TPSA) is 61.4 Å². The maximum Gasteiger partial charge on any atom is 0.254 e. The zero-order valence-corrected chi connectivity index (χ0v) is 18.2. The van der Waals surface area contributed by atoms with Gasteiger partial charge in [0, 0.05) is 71.9 Å². The van der Waals surface area contributed by atoms with Crippen molar-refractivity contribution in [2.75, 3.05) is 24.5 Å². The van der Waals surface area contributed by atoms with Crippen molar-refractivity contribution in [1.82, 2.24) is 20.2 Å². The first-order chi connectivity index (χ1) is 16.1. The number of halogens is 1. The second kappa shape index (κ2) is 6.84. The molecule has 1 N–H and O–H groups in total. The normalized spacial score (nSPS) is 23.9. The molecule has 1 spiro atoms. The fourth-order valence-electron chi connectivity index (χ4n) is 5.84. The van der Waals surface area contributed by atoms with Gasteiger partial charge in [-0.3, -0.25) is 4.79 Å². The Morgan fingerprint density at radius 2 is 1.94 bits per heavy atom. The minimum atomic E-state index is -0.286. The zero-order chi connectivity index (χ0) is 22.2. The molecule has 33 heavy (non-hydrogen) atoms. The molecular weight excluding hydrogens is 417 g/mol. The highest BCUT2D eigenvalue weighted by atomic mass is 19.1. The zero-order valence-electron chi connectivity index (χ0n) is 18.2. The van der Waals surface area contributed by atoms with Crippen LogP contribution in [0.2, 0.25) is 0 Å². The van der Waals surface area contributed by atoms with Gasteiger partial charge in [0.05, 0.1) is 0 Å². The summed E-state index contributed by atoms with van der Waals surface area (Å²) in [6, 6.07) is 13.5. The van der Waals surface area contributed by atoms with E-state index in [1.54, 1.807) is 30.6 Å². The molecule has 7 heteroatoms. The number of anilines is 2. The molecule has 3 fully saturated rings. The summed E-state index contributed by atoms with van der Waals surface area (Å²) < 4.78 is 14.2. The van der Waals surface area contributed by atoms with E-state index in [-0.39, 0.29) is 17.1 Å². The molecule has 4 aliphatic rings. The van der Waals surface area contributed by atoms with E-state index in [2.05, 4.69) is 26.3 Å². The highest BCUT2D eigenvalue weighted by Crippen LogP contribution is 2.57. The summed E-state index contributed by atoms with van der Waals surface area (Å²) in [5.41, 5.74) is 4.32. The third-order valence-corrected chi connectivity index (χ3v) is 7.80. The molecule has 6 nitrogen and oxygen atoms in total. The lowest BCUT2D eigenvalue weighted by Gasteiger charge is -2.28. The van der Waals surface area contributed by atoms with Crippen LogP contribution in [0.3, 0.4) is 0 Å². The average Bonchev–Trinajstić information content (AvgIpc) is 3.16. The molecule has 166 valence electrons. The van der Waals surface area contributed by atoms with Crippen LogP contribution in [0.5, 0.6) is 0 Å². The van der Waals surface area contributed by atoms with Crippen molar-refractivity contribution in [2.24, 2.45) is 0 Å². The van der Waals surface area contributed by atoms with Crippen LogP contribution in [0, 0.1) is 5.82 Å². The van der Waals surface area contributed by atoms with E-state index in [0.717, 1.165) is 50.1 Å². The van der Waals surface area contributed by atoms with Crippen LogP contribution in [0.1, 0.15) is 35.2 Å². The van der Waals surface area contributed by atoms with Gasteiger partial charge in [0.15, 0.2) is 0 Å². The number of hydrogen-bond acceptors (Lipinski definition) is 5. The summed E-state index contributed by atoms with van der Waals surface area (Å²) in [5, 5.41) is 3.46. The largest absolute Gasteiger partial charge is 0.333 e. The standard InChI is InChI=1S/C26H24FN5O/c27-22-4-2-1-3-20(22)17-11-29-25(30-12-17)32-15-26(7-8-26)21-6-5-16(9-23(21)32)24(33)31-14-18-10-19(31)13-28-18/h1-6,9,11-12,18-19,28H,7-8,10,13-15H2/t18-,19-/m0/s1. The molecule has 2 bridgehead atoms. The molecule has 2 saturated heterocycles. The van der Waals surface area contributed by atoms with Gasteiger partial charge in [-0.1, -0.05) is 24.3 Å². The van der Waals surface area contributed by atoms with Crippen LogP contribution < -0.4 is 10.2 Å². The monoisotopic (exact) mass is 441 g/mol. The van der Waals surface area contributed by atoms with Crippen molar-refractivity contribution in [1.29, 1.82) is 0 Å². The highest BCUT2D eigenvalue weighted by Gasteiger charge is 2.52. The van der Waals surface area contributed by atoms with Gasteiger partial charge in [0.2, 0.25) is 5.95 Å². The first kappa shape index (κ1) is 19.2. The van der Waals surface area contributed by atoms with Crippen LogP contribution in [0.25, 0.3) is 11.1 Å². The lowest BCUT2D eigenvalue weighted by Crippen LogP contribution is -2.46. The summed E-state index contributed by atoms with van der Waals surface area (Å²) in [4.78, 5) is 26.6. The number of carbonyl (C=O) groups excluding carboxylic acids is 1. The fraction of sp³-hybridized carbons (Fsp3) is 0.346. The number of hydrogen-bond donors (Lipinski definition) is 1. The van der Waals surface area contributed by atoms with Gasteiger partial charge in [-0.2, -0.15) is 0 Å². The number of fused-ring (bicyclic) bond motifs is 4. The predicted molar refractivity (Wildman–Crippen MR) is 123 cm³/mol. The lowest BCUT2D eigenvalue weighted by atomic mass is 9.97. The maximum atomic E-state index is 14.2. The smallest absolute Gasteiger partial charge is 0.254 e. The fourth-order valence-corrected chi connectivity index (χ4v) is 5.84. The number of aromatic nitrogens is 2. The van der Waals surface area contributed by atoms with E-state index in [9.17, 15) is 9.18 Å². The summed E-state index contributed by atoms with van der Waals surface area (Å²) in [6.45, 7) is 2.49. The van der Waals surface area contributed by atoms with Crippen LogP contribution in [-0.2, 0) is 5.41 Å². The quantitative estimate of drug-likeness (QED) is 0.672. The third kappa shape index (κ3) is 2.92. The van der Waals surface area contributed by atoms with Crippen LogP contribution in [0.4, 0.5) is 16.0 Å². The van der Waals surface area contributed by atoms with E-state index < -0.39 is 0 Å². The summed E-state index contributed by atoms with van der Waals surface area (Å²) >= 11 is 0. The molecule has 2 aromatic carbocycles. The Hall–Kier alpha value is -3.32. The lowest BCUT2D eigenvalue weighted by molar-refractivity contribution is 0.0716. The highest BCUT2D eigenvalue weighted by molar-refractivity contribution is 5.96. The van der Waals surface area contributed by atoms with Crippen molar-refractivity contribution in [3.63, 3.8) is 0 Å². The molecule has 3 aromatic rings. The molecule has 0 radical (unpaired) electrons. The van der Waals surface area contributed by atoms with Gasteiger partial charge >= 0.3 is 0 Å². The number of rotatable bonds is 3. The molecule has 2 atom stereocenters. The van der Waals surface area contributed by atoms with Gasteiger partial charge in [0.1, 0.15) is 5.82 Å². The van der Waals surface area contributed by atoms with Crippen molar-refractivity contribution in [3.8, 4) is 11.1 Å². The first-order valence-electron chi connectivity index (χ1n) is 11.6. The number of likely N-dealkylation sites (tertiary alicyclic amines) is 1. The summed E-state index contributed by atoms with van der Waals surface area (Å²) in [6.07, 6.45) is 6.69. The predicted octanol–water partition coefficient (Wildman–Crippen LogP) is 3.65. The van der Waals surface area contributed by atoms with Crippen molar-refractivity contribution in [3.05, 3.63) is 71.8 Å². The van der Waals surface area contributed by atoms with Crippen molar-refractivity contribution >= 4 is 17.5 Å². The Morgan fingerprint density at radius 1 is 1.12 bits per heavy atom. The van der Waals surface area contributed by atoms with E-state index in [1.165, 1.54) is 11.6 Å². The Balaban J connectivity index is 1.22. The molecular formula is C26H24FN5O. The molecule has 1 amide bonds. The molecule has 1 aliphatic carbocycles. The molecule has 1 aromatic heterocycles. The van der Waals surface area contributed by atoms with Crippen LogP contribution >= 0.6 is 0 Å². The van der Waals surface area contributed by atoms with Gasteiger partial charge in [-0.15, -0.1) is 0 Å². The van der Waals surface area contributed by atoms with Crippen molar-refractivity contribution < 1.29 is 9.18 Å². The van der Waals surface area contributed by atoms with Gasteiger partial charge in [-0.25, -0.2) is 14.4 Å². The Bertz CT molecular complexity index is 1270. The van der Waals surface area contributed by atoms with Gasteiger partial charge < -0.3 is 15.1 Å². The minimum Gasteiger partial charge on any atom is -0.333 e. The number of nitrogens with zero attached hydrogens (tertiary/aromatic N) is 4. The molecule has 7 rings (SSSR count). The second-order valence-corrected chi connectivity index (χ2v) is 9.80. The van der Waals surface area contributed by atoms with Crippen molar-refractivity contribution in [2.45, 2.75) is 36.8 Å². The van der Waals surface area contributed by atoms with E-state index in [0.29, 0.717) is 29.2 Å². The average molecular weight is 442 g/mol. The number of nitrogens with one attached hydrogen (secondary N) is 1. The van der Waals surface area contributed by atoms with Gasteiger partial charge in [0.25, 0.3) is 5.91 Å². The van der Waals surface area contributed by atoms with Gasteiger partial charge in [-0.05, 0) is 43.0 Å². The summed E-state index contributed by atoms with van der Waals surface area (Å²) in [5.74, 6) is 0.416. The second-order valence-electron chi connectivity index (χ2n) is 9.80. The number of piperazine rings is 1. The Labute approximate surface area is 191 Å². The number of carbonyl (C=O) groups is 1. The maximum absolute atomic E-state index is 14.2. The SMILES string of the molecule is O=C(c1ccc2c(c1)N(c1ncc(-c3ccccc3F)cn1)CC21CC1)N1C[C@@H]2C[C@H]1CN2. The van der Waals surface area contributed by atoms with Crippen LogP contribution in [-0.4, -0.2) is 52.5 Å². The molecule has 3 aliphatic heterocycles. The third-order valence-electron chi connectivity index (χ3n) is 7.80. The minimum absolute atomic E-state index is 0.110. The van der Waals surface area contributed by atoms with E-state index in [1.807, 2.05) is 17.0 Å². The Morgan fingerprint density at radius 3 is 2.64 bits per heavy atom. The number of amides is 1. The first-order valence-corrected chi connectivity index (χ1v) is 11.6. The Kier molecular flexibility index (Phi) is 3.97. The number of benzene rings is 2. The summed E-state index contributed by atoms with van der Waals surface area (Å²) in [7, 11) is 0. The van der Waals surface area contributed by atoms with E-state index in [4.69, 9.17) is 0 Å². The van der Waals surface area contributed by atoms with E-state index >= 15 is 0 Å². The molecule has 0 unspecified atom stereocenters. The molecule has 1 saturated carbocycles. The van der Waals surface area contributed by atoms with Crippen LogP contribution in [0.15, 0.2) is 54.9 Å².